The first-order valence-electron chi connectivity index (χ1n) is 6.25. The van der Waals surface area contributed by atoms with E-state index in [1.165, 1.54) is 6.08 Å². The van der Waals surface area contributed by atoms with Crippen LogP contribution in [0.2, 0.25) is 0 Å². The largest absolute Gasteiger partial charge is 0.463 e. The lowest BCUT2D eigenvalue weighted by atomic mass is 10.2. The monoisotopic (exact) mass is 269 g/mol. The quantitative estimate of drug-likeness (QED) is 0.473. The maximum Gasteiger partial charge on any atom is 0.408 e. The van der Waals surface area contributed by atoms with Crippen LogP contribution in [0, 0.1) is 0 Å². The van der Waals surface area contributed by atoms with Crippen LogP contribution in [-0.2, 0) is 14.3 Å². The molecule has 1 atom stereocenters. The van der Waals surface area contributed by atoms with Crippen LogP contribution in [0.5, 0.6) is 0 Å². The molecule has 1 N–H and O–H groups in total. The zero-order chi connectivity index (χ0) is 14.9. The minimum atomic E-state index is -0.517. The van der Waals surface area contributed by atoms with Gasteiger partial charge in [0, 0.05) is 12.1 Å². The van der Waals surface area contributed by atoms with Crippen molar-refractivity contribution in [2.45, 2.75) is 46.3 Å². The molecule has 0 rings (SSSR count). The molecule has 0 radical (unpaired) electrons. The molecule has 5 heteroatoms. The third kappa shape index (κ3) is 11.1. The van der Waals surface area contributed by atoms with E-state index in [0.717, 1.165) is 0 Å². The Labute approximate surface area is 114 Å². The van der Waals surface area contributed by atoms with Crippen LogP contribution in [0.3, 0.4) is 0 Å². The van der Waals surface area contributed by atoms with Crippen molar-refractivity contribution in [1.29, 1.82) is 0 Å². The normalized spacial score (nSPS) is 13.5. The van der Waals surface area contributed by atoms with Crippen molar-refractivity contribution < 1.29 is 19.1 Å². The van der Waals surface area contributed by atoms with Gasteiger partial charge in [-0.1, -0.05) is 18.2 Å². The van der Waals surface area contributed by atoms with Gasteiger partial charge in [0.15, 0.2) is 0 Å². The summed E-state index contributed by atoms with van der Waals surface area (Å²) in [6.07, 6.45) is 5.81. The van der Waals surface area contributed by atoms with Gasteiger partial charge in [0.1, 0.15) is 5.60 Å². The summed E-state index contributed by atoms with van der Waals surface area (Å²) in [7, 11) is 0. The average Bonchev–Trinajstić information content (AvgIpc) is 2.21. The Morgan fingerprint density at radius 1 is 1.26 bits per heavy atom. The number of hydrogen-bond donors (Lipinski definition) is 1. The van der Waals surface area contributed by atoms with Crippen LogP contribution >= 0.6 is 0 Å². The van der Waals surface area contributed by atoms with Crippen LogP contribution in [0.1, 0.15) is 34.6 Å². The Hall–Kier alpha value is -1.78. The fourth-order valence-corrected chi connectivity index (χ4v) is 1.10. The van der Waals surface area contributed by atoms with Crippen molar-refractivity contribution >= 4 is 12.1 Å². The highest BCUT2D eigenvalue weighted by Gasteiger charge is 2.16. The van der Waals surface area contributed by atoms with Crippen molar-refractivity contribution in [3.8, 4) is 0 Å². The zero-order valence-corrected chi connectivity index (χ0v) is 12.2. The van der Waals surface area contributed by atoms with Crippen LogP contribution in [0.25, 0.3) is 0 Å². The Balaban J connectivity index is 4.07. The van der Waals surface area contributed by atoms with Gasteiger partial charge in [-0.05, 0) is 34.6 Å². The molecule has 0 aromatic rings. The van der Waals surface area contributed by atoms with E-state index >= 15 is 0 Å². The van der Waals surface area contributed by atoms with Crippen LogP contribution < -0.4 is 5.32 Å². The lowest BCUT2D eigenvalue weighted by Gasteiger charge is -2.20. The van der Waals surface area contributed by atoms with E-state index < -0.39 is 11.7 Å². The molecule has 0 aliphatic carbocycles. The Morgan fingerprint density at radius 3 is 2.42 bits per heavy atom. The van der Waals surface area contributed by atoms with Gasteiger partial charge in [-0.3, -0.25) is 0 Å². The predicted octanol–water partition coefficient (Wildman–Crippen LogP) is 2.58. The highest BCUT2D eigenvalue weighted by atomic mass is 16.6. The first-order valence-corrected chi connectivity index (χ1v) is 6.25. The smallest absolute Gasteiger partial charge is 0.408 e. The maximum atomic E-state index is 11.4. The summed E-state index contributed by atoms with van der Waals surface area (Å²) in [5.41, 5.74) is -0.517. The fraction of sp³-hybridized carbons (Fsp3) is 0.571. The SMILES string of the molecule is CCOC(=O)/C=C/C=C/[C@@H](C)NC(=O)OC(C)(C)C. The second-order valence-electron chi connectivity index (χ2n) is 4.93. The van der Waals surface area contributed by atoms with Gasteiger partial charge >= 0.3 is 12.1 Å². The fourth-order valence-electron chi connectivity index (χ4n) is 1.10. The third-order valence-corrected chi connectivity index (χ3v) is 1.77. The number of hydrogen-bond acceptors (Lipinski definition) is 4. The molecule has 0 heterocycles. The number of nitrogens with one attached hydrogen (secondary N) is 1. The summed E-state index contributed by atoms with van der Waals surface area (Å²) in [5, 5.41) is 2.65. The van der Waals surface area contributed by atoms with Crippen molar-refractivity contribution in [2.75, 3.05) is 6.61 Å². The highest BCUT2D eigenvalue weighted by Crippen LogP contribution is 2.06. The summed E-state index contributed by atoms with van der Waals surface area (Å²) in [4.78, 5) is 22.4. The number of carbonyl (C=O) groups excluding carboxylic acids is 2. The van der Waals surface area contributed by atoms with E-state index in [9.17, 15) is 9.59 Å². The van der Waals surface area contributed by atoms with Crippen LogP contribution in [0.15, 0.2) is 24.3 Å². The molecule has 19 heavy (non-hydrogen) atoms. The molecular formula is C14H23NO4. The van der Waals surface area contributed by atoms with Gasteiger partial charge in [0.2, 0.25) is 0 Å². The second-order valence-corrected chi connectivity index (χ2v) is 4.93. The van der Waals surface area contributed by atoms with Crippen molar-refractivity contribution in [1.82, 2.24) is 5.32 Å². The van der Waals surface area contributed by atoms with Gasteiger partial charge in [0.05, 0.1) is 6.61 Å². The molecule has 0 fully saturated rings. The number of ether oxygens (including phenoxy) is 2. The third-order valence-electron chi connectivity index (χ3n) is 1.77. The summed E-state index contributed by atoms with van der Waals surface area (Å²) in [6, 6.07) is -0.193. The first-order chi connectivity index (χ1) is 8.74. The van der Waals surface area contributed by atoms with Crippen molar-refractivity contribution in [3.63, 3.8) is 0 Å². The predicted molar refractivity (Wildman–Crippen MR) is 73.7 cm³/mol. The minimum absolute atomic E-state index is 0.193. The number of allylic oxidation sites excluding steroid dienone is 2. The van der Waals surface area contributed by atoms with E-state index in [1.54, 1.807) is 52.8 Å². The number of rotatable bonds is 5. The van der Waals surface area contributed by atoms with Crippen molar-refractivity contribution in [3.05, 3.63) is 24.3 Å². The standard InChI is InChI=1S/C14H23NO4/c1-6-18-12(16)10-8-7-9-11(2)15-13(17)19-14(3,4)5/h7-11H,6H2,1-5H3,(H,15,17)/b9-7+,10-8+/t11-/m1/s1. The Kier molecular flexibility index (Phi) is 7.56. The Bertz CT molecular complexity index is 353. The molecule has 108 valence electrons. The lowest BCUT2D eigenvalue weighted by molar-refractivity contribution is -0.137. The van der Waals surface area contributed by atoms with Gasteiger partial charge in [-0.25, -0.2) is 9.59 Å². The maximum absolute atomic E-state index is 11.4. The molecule has 0 saturated carbocycles. The first kappa shape index (κ1) is 17.2. The van der Waals surface area contributed by atoms with E-state index in [2.05, 4.69) is 5.32 Å². The Morgan fingerprint density at radius 2 is 1.89 bits per heavy atom. The average molecular weight is 269 g/mol. The van der Waals surface area contributed by atoms with E-state index in [0.29, 0.717) is 6.61 Å². The van der Waals surface area contributed by atoms with Crippen LogP contribution in [0.4, 0.5) is 4.79 Å². The van der Waals surface area contributed by atoms with Crippen LogP contribution in [-0.4, -0.2) is 30.3 Å². The molecule has 0 saturated heterocycles. The number of carbonyl (C=O) groups is 2. The van der Waals surface area contributed by atoms with E-state index in [1.807, 2.05) is 0 Å². The summed E-state index contributed by atoms with van der Waals surface area (Å²) in [5.74, 6) is -0.389. The molecule has 0 aliphatic heterocycles. The number of esters is 1. The lowest BCUT2D eigenvalue weighted by Crippen LogP contribution is -2.36. The van der Waals surface area contributed by atoms with Gasteiger partial charge in [-0.15, -0.1) is 0 Å². The van der Waals surface area contributed by atoms with E-state index in [4.69, 9.17) is 9.47 Å². The zero-order valence-electron chi connectivity index (χ0n) is 12.2. The summed E-state index contributed by atoms with van der Waals surface area (Å²) in [6.45, 7) is 9.30. The van der Waals surface area contributed by atoms with Gasteiger partial charge in [0.25, 0.3) is 0 Å². The van der Waals surface area contributed by atoms with Crippen molar-refractivity contribution in [2.24, 2.45) is 0 Å². The molecule has 0 unspecified atom stereocenters. The molecule has 0 aliphatic rings. The number of amides is 1. The molecule has 1 amide bonds. The van der Waals surface area contributed by atoms with E-state index in [-0.39, 0.29) is 12.0 Å². The molecule has 0 aromatic carbocycles. The molecular weight excluding hydrogens is 246 g/mol. The second kappa shape index (κ2) is 8.34. The molecule has 5 nitrogen and oxygen atoms in total. The van der Waals surface area contributed by atoms with Gasteiger partial charge in [-0.2, -0.15) is 0 Å². The van der Waals surface area contributed by atoms with Gasteiger partial charge < -0.3 is 14.8 Å². The highest BCUT2D eigenvalue weighted by molar-refractivity contribution is 5.82. The molecule has 0 bridgehead atoms. The summed E-state index contributed by atoms with van der Waals surface area (Å²) >= 11 is 0. The summed E-state index contributed by atoms with van der Waals surface area (Å²) < 4.78 is 9.83. The molecule has 0 spiro atoms. The number of alkyl carbamates (subject to hydrolysis) is 1. The minimum Gasteiger partial charge on any atom is -0.463 e. The topological polar surface area (TPSA) is 64.6 Å². The molecule has 0 aromatic heterocycles.